The molecule has 1 heterocycles. The second-order valence-electron chi connectivity index (χ2n) is 7.65. The average molecular weight is 396 g/mol. The Morgan fingerprint density at radius 1 is 1.03 bits per heavy atom. The Labute approximate surface area is 171 Å². The number of carbonyl (C=O) groups excluding carboxylic acids is 2. The molecule has 0 radical (unpaired) electrons. The molecule has 1 atom stereocenters. The van der Waals surface area contributed by atoms with E-state index in [4.69, 9.17) is 9.47 Å². The van der Waals surface area contributed by atoms with Crippen molar-refractivity contribution < 1.29 is 19.1 Å². The normalized spacial score (nSPS) is 15.9. The molecule has 1 aliphatic rings. The van der Waals surface area contributed by atoms with Gasteiger partial charge in [-0.2, -0.15) is 0 Å². The molecule has 154 valence electrons. The van der Waals surface area contributed by atoms with Crippen LogP contribution in [0.3, 0.4) is 0 Å². The molecule has 2 N–H and O–H groups in total. The Morgan fingerprint density at radius 3 is 2.28 bits per heavy atom. The summed E-state index contributed by atoms with van der Waals surface area (Å²) in [6.07, 6.45) is 2.75. The lowest BCUT2D eigenvalue weighted by Gasteiger charge is -2.12. The molecule has 0 unspecified atom stereocenters. The van der Waals surface area contributed by atoms with Gasteiger partial charge in [0.1, 0.15) is 12.4 Å². The number of nitrogens with one attached hydrogen (secondary N) is 2. The molecule has 0 saturated carbocycles. The molecule has 0 aliphatic carbocycles. The molecule has 0 bridgehead atoms. The van der Waals surface area contributed by atoms with Crippen molar-refractivity contribution in [1.82, 2.24) is 0 Å². The van der Waals surface area contributed by atoms with Gasteiger partial charge in [-0.05, 0) is 67.3 Å². The number of rotatable bonds is 8. The summed E-state index contributed by atoms with van der Waals surface area (Å²) >= 11 is 0. The average Bonchev–Trinajstić information content (AvgIpc) is 3.21. The smallest absolute Gasteiger partial charge is 0.255 e. The highest BCUT2D eigenvalue weighted by molar-refractivity contribution is 6.04. The fourth-order valence-corrected chi connectivity index (χ4v) is 3.09. The van der Waals surface area contributed by atoms with Gasteiger partial charge in [0.05, 0.1) is 6.10 Å². The van der Waals surface area contributed by atoms with Gasteiger partial charge < -0.3 is 20.1 Å². The van der Waals surface area contributed by atoms with Crippen LogP contribution in [0.1, 0.15) is 43.5 Å². The lowest BCUT2D eigenvalue weighted by Crippen LogP contribution is -2.16. The van der Waals surface area contributed by atoms with E-state index in [0.717, 1.165) is 25.2 Å². The number of hydrogen-bond acceptors (Lipinski definition) is 4. The van der Waals surface area contributed by atoms with Gasteiger partial charge in [-0.15, -0.1) is 0 Å². The van der Waals surface area contributed by atoms with Crippen molar-refractivity contribution in [2.75, 3.05) is 23.8 Å². The molecule has 3 rings (SSSR count). The Bertz CT molecular complexity index is 810. The first kappa shape index (κ1) is 20.9. The third-order valence-electron chi connectivity index (χ3n) is 4.60. The van der Waals surface area contributed by atoms with Gasteiger partial charge in [0.2, 0.25) is 5.91 Å². The zero-order valence-electron chi connectivity index (χ0n) is 16.9. The molecule has 29 heavy (non-hydrogen) atoms. The van der Waals surface area contributed by atoms with Crippen molar-refractivity contribution in [1.29, 1.82) is 0 Å². The molecular weight excluding hydrogens is 368 g/mol. The van der Waals surface area contributed by atoms with E-state index >= 15 is 0 Å². The Kier molecular flexibility index (Phi) is 7.25. The minimum absolute atomic E-state index is 0.0152. The fourth-order valence-electron chi connectivity index (χ4n) is 3.09. The molecular formula is C23H28N2O4. The maximum Gasteiger partial charge on any atom is 0.255 e. The van der Waals surface area contributed by atoms with E-state index in [1.807, 2.05) is 13.8 Å². The summed E-state index contributed by atoms with van der Waals surface area (Å²) in [5.41, 5.74) is 1.92. The minimum atomic E-state index is -0.202. The van der Waals surface area contributed by atoms with Crippen molar-refractivity contribution in [2.45, 2.75) is 39.2 Å². The van der Waals surface area contributed by atoms with Gasteiger partial charge in [-0.25, -0.2) is 0 Å². The summed E-state index contributed by atoms with van der Waals surface area (Å²) in [7, 11) is 0. The monoisotopic (exact) mass is 396 g/mol. The van der Waals surface area contributed by atoms with Crippen LogP contribution < -0.4 is 15.4 Å². The molecule has 0 aromatic heterocycles. The predicted octanol–water partition coefficient (Wildman–Crippen LogP) is 4.48. The van der Waals surface area contributed by atoms with Crippen LogP contribution >= 0.6 is 0 Å². The number of benzene rings is 2. The summed E-state index contributed by atoms with van der Waals surface area (Å²) in [5, 5.41) is 5.70. The van der Waals surface area contributed by atoms with E-state index < -0.39 is 0 Å². The summed E-state index contributed by atoms with van der Waals surface area (Å²) in [6.45, 7) is 5.34. The largest absolute Gasteiger partial charge is 0.491 e. The lowest BCUT2D eigenvalue weighted by atomic mass is 10.1. The lowest BCUT2D eigenvalue weighted by molar-refractivity contribution is -0.116. The van der Waals surface area contributed by atoms with Crippen LogP contribution in [0, 0.1) is 5.92 Å². The molecule has 6 nitrogen and oxygen atoms in total. The number of amides is 2. The van der Waals surface area contributed by atoms with Gasteiger partial charge in [-0.1, -0.05) is 13.8 Å². The van der Waals surface area contributed by atoms with Crippen LogP contribution in [0.2, 0.25) is 0 Å². The topological polar surface area (TPSA) is 76.7 Å². The van der Waals surface area contributed by atoms with Crippen LogP contribution in [-0.2, 0) is 9.53 Å². The zero-order chi connectivity index (χ0) is 20.6. The maximum atomic E-state index is 12.4. The van der Waals surface area contributed by atoms with E-state index in [2.05, 4.69) is 10.6 Å². The second-order valence-corrected chi connectivity index (χ2v) is 7.65. The standard InChI is InChI=1S/C23H28N2O4/c1-16(2)14-22(26)24-18-7-9-19(10-8-18)25-23(27)17-5-11-20(12-6-17)29-15-21-4-3-13-28-21/h5-12,16,21H,3-4,13-15H2,1-2H3,(H,24,26)(H,25,27)/t21-/m1/s1. The number of hydrogen-bond donors (Lipinski definition) is 2. The van der Waals surface area contributed by atoms with Crippen molar-refractivity contribution in [3.05, 3.63) is 54.1 Å². The SMILES string of the molecule is CC(C)CC(=O)Nc1ccc(NC(=O)c2ccc(OC[C@H]3CCCO3)cc2)cc1. The summed E-state index contributed by atoms with van der Waals surface area (Å²) < 4.78 is 11.3. The first-order valence-corrected chi connectivity index (χ1v) is 10.1. The molecule has 1 aliphatic heterocycles. The van der Waals surface area contributed by atoms with E-state index in [1.165, 1.54) is 0 Å². The Morgan fingerprint density at radius 2 is 1.69 bits per heavy atom. The van der Waals surface area contributed by atoms with Crippen molar-refractivity contribution in [3.63, 3.8) is 0 Å². The first-order chi connectivity index (χ1) is 14.0. The van der Waals surface area contributed by atoms with E-state index in [-0.39, 0.29) is 17.9 Å². The first-order valence-electron chi connectivity index (χ1n) is 10.1. The predicted molar refractivity (Wildman–Crippen MR) is 113 cm³/mol. The Hall–Kier alpha value is -2.86. The number of carbonyl (C=O) groups is 2. The molecule has 2 aromatic rings. The van der Waals surface area contributed by atoms with Gasteiger partial charge in [0.25, 0.3) is 5.91 Å². The molecule has 0 spiro atoms. The van der Waals surface area contributed by atoms with Crippen molar-refractivity contribution >= 4 is 23.2 Å². The molecule has 2 aromatic carbocycles. The number of ether oxygens (including phenoxy) is 2. The van der Waals surface area contributed by atoms with E-state index in [9.17, 15) is 9.59 Å². The van der Waals surface area contributed by atoms with E-state index in [0.29, 0.717) is 35.9 Å². The van der Waals surface area contributed by atoms with Gasteiger partial charge in [0, 0.05) is 30.0 Å². The molecule has 1 fully saturated rings. The Balaban J connectivity index is 1.49. The minimum Gasteiger partial charge on any atom is -0.491 e. The van der Waals surface area contributed by atoms with Gasteiger partial charge >= 0.3 is 0 Å². The van der Waals surface area contributed by atoms with Crippen molar-refractivity contribution in [2.24, 2.45) is 5.92 Å². The van der Waals surface area contributed by atoms with Crippen LogP contribution in [0.25, 0.3) is 0 Å². The molecule has 2 amide bonds. The van der Waals surface area contributed by atoms with E-state index in [1.54, 1.807) is 48.5 Å². The summed E-state index contributed by atoms with van der Waals surface area (Å²) in [6, 6.07) is 14.1. The zero-order valence-corrected chi connectivity index (χ0v) is 16.9. The highest BCUT2D eigenvalue weighted by Crippen LogP contribution is 2.18. The second kappa shape index (κ2) is 10.1. The number of anilines is 2. The highest BCUT2D eigenvalue weighted by Gasteiger charge is 2.16. The van der Waals surface area contributed by atoms with Crippen molar-refractivity contribution in [3.8, 4) is 5.75 Å². The van der Waals surface area contributed by atoms with Crippen LogP contribution in [0.15, 0.2) is 48.5 Å². The third-order valence-corrected chi connectivity index (χ3v) is 4.60. The molecule has 1 saturated heterocycles. The summed E-state index contributed by atoms with van der Waals surface area (Å²) in [5.74, 6) is 0.811. The quantitative estimate of drug-likeness (QED) is 0.690. The fraction of sp³-hybridized carbons (Fsp3) is 0.391. The van der Waals surface area contributed by atoms with Gasteiger partial charge in [0.15, 0.2) is 0 Å². The van der Waals surface area contributed by atoms with Gasteiger partial charge in [-0.3, -0.25) is 9.59 Å². The third kappa shape index (κ3) is 6.61. The van der Waals surface area contributed by atoms with Crippen LogP contribution in [0.5, 0.6) is 5.75 Å². The summed E-state index contributed by atoms with van der Waals surface area (Å²) in [4.78, 5) is 24.3. The van der Waals surface area contributed by atoms with Crippen LogP contribution in [-0.4, -0.2) is 31.1 Å². The highest BCUT2D eigenvalue weighted by atomic mass is 16.5. The molecule has 6 heteroatoms. The van der Waals surface area contributed by atoms with Crippen LogP contribution in [0.4, 0.5) is 11.4 Å². The maximum absolute atomic E-state index is 12.4.